The molecule has 23 heavy (non-hydrogen) atoms. The van der Waals surface area contributed by atoms with E-state index in [9.17, 15) is 14.7 Å². The number of hydrogen-bond donors (Lipinski definition) is 2. The highest BCUT2D eigenvalue weighted by Crippen LogP contribution is 2.24. The fourth-order valence-electron chi connectivity index (χ4n) is 2.56. The van der Waals surface area contributed by atoms with Crippen LogP contribution in [0.3, 0.4) is 0 Å². The lowest BCUT2D eigenvalue weighted by atomic mass is 9.99. The molecule has 8 heteroatoms. The third-order valence-electron chi connectivity index (χ3n) is 3.55. The summed E-state index contributed by atoms with van der Waals surface area (Å²) < 4.78 is 10.3. The van der Waals surface area contributed by atoms with E-state index in [2.05, 4.69) is 10.5 Å². The average Bonchev–Trinajstić information content (AvgIpc) is 2.95. The molecule has 1 aromatic rings. The predicted octanol–water partition coefficient (Wildman–Crippen LogP) is 1.54. The molecule has 0 spiro atoms. The van der Waals surface area contributed by atoms with Crippen molar-refractivity contribution in [3.05, 3.63) is 17.5 Å². The maximum atomic E-state index is 11.9. The van der Waals surface area contributed by atoms with Crippen LogP contribution in [-0.2, 0) is 16.1 Å². The van der Waals surface area contributed by atoms with Gasteiger partial charge in [-0.15, -0.1) is 0 Å². The Morgan fingerprint density at radius 2 is 2.22 bits per heavy atom. The van der Waals surface area contributed by atoms with Crippen LogP contribution in [0.1, 0.15) is 38.6 Å². The third kappa shape index (κ3) is 4.44. The van der Waals surface area contributed by atoms with Crippen LogP contribution in [0.2, 0.25) is 0 Å². The Kier molecular flexibility index (Phi) is 4.65. The number of amides is 1. The lowest BCUT2D eigenvalue weighted by Gasteiger charge is -2.28. The average molecular weight is 325 g/mol. The van der Waals surface area contributed by atoms with Crippen molar-refractivity contribution >= 4 is 12.1 Å². The number of ether oxygens (including phenoxy) is 1. The van der Waals surface area contributed by atoms with E-state index in [1.807, 2.05) is 17.9 Å². The molecule has 2 N–H and O–H groups in total. The molecule has 1 aliphatic rings. The van der Waals surface area contributed by atoms with Crippen LogP contribution in [0, 0.1) is 6.92 Å². The van der Waals surface area contributed by atoms with Crippen molar-refractivity contribution in [2.24, 2.45) is 0 Å². The summed E-state index contributed by atoms with van der Waals surface area (Å²) in [5.74, 6) is -0.402. The van der Waals surface area contributed by atoms with Crippen LogP contribution in [-0.4, -0.2) is 51.5 Å². The van der Waals surface area contributed by atoms with E-state index < -0.39 is 23.2 Å². The molecule has 0 saturated carbocycles. The number of carboxylic acid groups (broad SMARTS) is 1. The zero-order valence-corrected chi connectivity index (χ0v) is 13.9. The van der Waals surface area contributed by atoms with Crippen LogP contribution in [0.5, 0.6) is 0 Å². The van der Waals surface area contributed by atoms with Gasteiger partial charge in [0, 0.05) is 19.2 Å². The smallest absolute Gasteiger partial charge is 0.408 e. The van der Waals surface area contributed by atoms with Crippen molar-refractivity contribution in [2.75, 3.05) is 13.1 Å². The van der Waals surface area contributed by atoms with Crippen molar-refractivity contribution in [2.45, 2.75) is 51.8 Å². The van der Waals surface area contributed by atoms with Gasteiger partial charge in [-0.25, -0.2) is 9.59 Å². The summed E-state index contributed by atoms with van der Waals surface area (Å²) in [6.45, 7) is 8.17. The Labute approximate surface area is 134 Å². The quantitative estimate of drug-likeness (QED) is 0.865. The van der Waals surface area contributed by atoms with E-state index in [0.29, 0.717) is 25.3 Å². The molecule has 1 unspecified atom stereocenters. The first-order valence-corrected chi connectivity index (χ1v) is 7.49. The number of likely N-dealkylation sites (tertiary alicyclic amines) is 1. The summed E-state index contributed by atoms with van der Waals surface area (Å²) in [6.07, 6.45) is -0.424. The molecule has 1 atom stereocenters. The molecule has 2 heterocycles. The Morgan fingerprint density at radius 1 is 1.52 bits per heavy atom. The Balaban J connectivity index is 2.02. The van der Waals surface area contributed by atoms with Gasteiger partial charge in [-0.2, -0.15) is 0 Å². The number of aryl methyl sites for hydroxylation is 1. The summed E-state index contributed by atoms with van der Waals surface area (Å²) >= 11 is 0. The van der Waals surface area contributed by atoms with E-state index in [0.717, 1.165) is 5.69 Å². The highest BCUT2D eigenvalue weighted by atomic mass is 16.6. The van der Waals surface area contributed by atoms with Crippen LogP contribution >= 0.6 is 0 Å². The van der Waals surface area contributed by atoms with Crippen LogP contribution < -0.4 is 5.32 Å². The van der Waals surface area contributed by atoms with Gasteiger partial charge in [-0.05, 0) is 34.1 Å². The minimum Gasteiger partial charge on any atom is -0.479 e. The van der Waals surface area contributed by atoms with E-state index >= 15 is 0 Å². The summed E-state index contributed by atoms with van der Waals surface area (Å²) in [5, 5.41) is 15.9. The number of nitrogens with one attached hydrogen (secondary N) is 1. The van der Waals surface area contributed by atoms with Crippen molar-refractivity contribution in [3.8, 4) is 0 Å². The van der Waals surface area contributed by atoms with Gasteiger partial charge in [0.25, 0.3) is 0 Å². The summed E-state index contributed by atoms with van der Waals surface area (Å²) in [7, 11) is 0. The molecule has 8 nitrogen and oxygen atoms in total. The SMILES string of the molecule is Cc1cc(CN2CCC(NC(=O)OC(C)(C)C)(C(=O)O)C2)on1. The molecule has 1 saturated heterocycles. The topological polar surface area (TPSA) is 105 Å². The lowest BCUT2D eigenvalue weighted by Crippen LogP contribution is -2.57. The summed E-state index contributed by atoms with van der Waals surface area (Å²) in [4.78, 5) is 25.6. The molecular weight excluding hydrogens is 302 g/mol. The van der Waals surface area contributed by atoms with Gasteiger partial charge in [-0.3, -0.25) is 4.90 Å². The van der Waals surface area contributed by atoms with Crippen molar-refractivity contribution in [1.29, 1.82) is 0 Å². The number of alkyl carbamates (subject to hydrolysis) is 1. The van der Waals surface area contributed by atoms with Crippen LogP contribution in [0.15, 0.2) is 10.6 Å². The number of carbonyl (C=O) groups excluding carboxylic acids is 1. The fraction of sp³-hybridized carbons (Fsp3) is 0.667. The second-order valence-electron chi connectivity index (χ2n) is 6.91. The largest absolute Gasteiger partial charge is 0.479 e. The number of aromatic nitrogens is 1. The molecule has 128 valence electrons. The molecule has 1 fully saturated rings. The minimum atomic E-state index is -1.35. The van der Waals surface area contributed by atoms with E-state index in [1.165, 1.54) is 0 Å². The minimum absolute atomic E-state index is 0.182. The fourth-order valence-corrected chi connectivity index (χ4v) is 2.56. The van der Waals surface area contributed by atoms with Crippen molar-refractivity contribution in [1.82, 2.24) is 15.4 Å². The van der Waals surface area contributed by atoms with Crippen molar-refractivity contribution in [3.63, 3.8) is 0 Å². The van der Waals surface area contributed by atoms with Gasteiger partial charge in [0.15, 0.2) is 11.3 Å². The van der Waals surface area contributed by atoms with E-state index in [4.69, 9.17) is 9.26 Å². The monoisotopic (exact) mass is 325 g/mol. The number of rotatable bonds is 4. The Bertz CT molecular complexity index is 592. The maximum absolute atomic E-state index is 11.9. The molecule has 0 aliphatic carbocycles. The van der Waals surface area contributed by atoms with E-state index in [-0.39, 0.29) is 6.54 Å². The lowest BCUT2D eigenvalue weighted by molar-refractivity contribution is -0.144. The van der Waals surface area contributed by atoms with Gasteiger partial charge in [-0.1, -0.05) is 5.16 Å². The molecule has 0 bridgehead atoms. The highest BCUT2D eigenvalue weighted by Gasteiger charge is 2.47. The first-order chi connectivity index (χ1) is 10.6. The molecule has 1 aliphatic heterocycles. The molecule has 1 amide bonds. The molecule has 2 rings (SSSR count). The first-order valence-electron chi connectivity index (χ1n) is 7.49. The standard InChI is InChI=1S/C15H23N3O5/c1-10-7-11(23-17-10)8-18-6-5-15(9-18,12(19)20)16-13(21)22-14(2,3)4/h7H,5-6,8-9H2,1-4H3,(H,16,21)(H,19,20). The van der Waals surface area contributed by atoms with Gasteiger partial charge >= 0.3 is 12.1 Å². The summed E-state index contributed by atoms with van der Waals surface area (Å²) in [6, 6.07) is 1.81. The zero-order valence-electron chi connectivity index (χ0n) is 13.9. The van der Waals surface area contributed by atoms with Crippen LogP contribution in [0.4, 0.5) is 4.79 Å². The molecule has 1 aromatic heterocycles. The van der Waals surface area contributed by atoms with Gasteiger partial charge in [0.2, 0.25) is 0 Å². The van der Waals surface area contributed by atoms with Crippen molar-refractivity contribution < 1.29 is 24.0 Å². The second-order valence-corrected chi connectivity index (χ2v) is 6.91. The highest BCUT2D eigenvalue weighted by molar-refractivity contribution is 5.85. The molecule has 0 aromatic carbocycles. The maximum Gasteiger partial charge on any atom is 0.408 e. The number of aliphatic carboxylic acids is 1. The molecule has 0 radical (unpaired) electrons. The number of carboxylic acids is 1. The van der Waals surface area contributed by atoms with Gasteiger partial charge in [0.1, 0.15) is 5.60 Å². The van der Waals surface area contributed by atoms with Gasteiger partial charge in [0.05, 0.1) is 12.2 Å². The number of nitrogens with zero attached hydrogens (tertiary/aromatic N) is 2. The normalized spacial score (nSPS) is 22.1. The number of hydrogen-bond acceptors (Lipinski definition) is 6. The van der Waals surface area contributed by atoms with Crippen LogP contribution in [0.25, 0.3) is 0 Å². The third-order valence-corrected chi connectivity index (χ3v) is 3.55. The van der Waals surface area contributed by atoms with Gasteiger partial charge < -0.3 is 19.7 Å². The Morgan fingerprint density at radius 3 is 2.74 bits per heavy atom. The first kappa shape index (κ1) is 17.3. The summed E-state index contributed by atoms with van der Waals surface area (Å²) in [5.41, 5.74) is -1.26. The van der Waals surface area contributed by atoms with E-state index in [1.54, 1.807) is 20.8 Å². The second kappa shape index (κ2) is 6.19. The zero-order chi connectivity index (χ0) is 17.3. The molecular formula is C15H23N3O5. The Hall–Kier alpha value is -2.09. The predicted molar refractivity (Wildman–Crippen MR) is 80.9 cm³/mol. The number of carbonyl (C=O) groups is 2.